The maximum atomic E-state index is 5.96. The van der Waals surface area contributed by atoms with Crippen molar-refractivity contribution in [3.8, 4) is 0 Å². The van der Waals surface area contributed by atoms with Gasteiger partial charge in [-0.05, 0) is 24.8 Å². The van der Waals surface area contributed by atoms with Gasteiger partial charge < -0.3 is 5.32 Å². The Hall–Kier alpha value is -0.470. The van der Waals surface area contributed by atoms with E-state index < -0.39 is 0 Å². The van der Waals surface area contributed by atoms with Crippen LogP contribution in [-0.2, 0) is 0 Å². The Morgan fingerprint density at radius 2 is 2.21 bits per heavy atom. The third-order valence-electron chi connectivity index (χ3n) is 2.59. The normalized spacial score (nSPS) is 16.4. The van der Waals surface area contributed by atoms with Crippen LogP contribution in [0.4, 0.5) is 5.82 Å². The van der Waals surface area contributed by atoms with Crippen LogP contribution in [0.25, 0.3) is 0 Å². The molecule has 2 rings (SSSR count). The maximum absolute atomic E-state index is 5.96. The van der Waals surface area contributed by atoms with Gasteiger partial charge in [0.1, 0.15) is 5.82 Å². The van der Waals surface area contributed by atoms with E-state index in [1.165, 1.54) is 19.3 Å². The first-order valence-corrected chi connectivity index (χ1v) is 5.56. The minimum Gasteiger partial charge on any atom is -0.369 e. The number of aromatic nitrogens is 1. The lowest BCUT2D eigenvalue weighted by Crippen LogP contribution is -2.21. The van der Waals surface area contributed by atoms with Gasteiger partial charge in [-0.2, -0.15) is 0 Å². The molecule has 0 unspecified atom stereocenters. The predicted octanol–water partition coefficient (Wildman–Crippen LogP) is 3.60. The number of halogens is 2. The van der Waals surface area contributed by atoms with Crippen molar-refractivity contribution in [3.63, 3.8) is 0 Å². The van der Waals surface area contributed by atoms with E-state index in [-0.39, 0.29) is 0 Å². The van der Waals surface area contributed by atoms with E-state index in [0.717, 1.165) is 18.3 Å². The predicted molar refractivity (Wildman–Crippen MR) is 60.1 cm³/mol. The van der Waals surface area contributed by atoms with Crippen LogP contribution in [0.2, 0.25) is 10.0 Å². The Morgan fingerprint density at radius 3 is 2.79 bits per heavy atom. The van der Waals surface area contributed by atoms with Crippen molar-refractivity contribution in [3.05, 3.63) is 22.3 Å². The molecule has 0 saturated heterocycles. The van der Waals surface area contributed by atoms with Crippen LogP contribution in [0.3, 0.4) is 0 Å². The van der Waals surface area contributed by atoms with Gasteiger partial charge in [0.15, 0.2) is 0 Å². The maximum Gasteiger partial charge on any atom is 0.144 e. The summed E-state index contributed by atoms with van der Waals surface area (Å²) in [5.41, 5.74) is 0. The van der Waals surface area contributed by atoms with Crippen molar-refractivity contribution >= 4 is 29.0 Å². The number of pyridine rings is 1. The fourth-order valence-corrected chi connectivity index (χ4v) is 1.93. The zero-order valence-corrected chi connectivity index (χ0v) is 9.28. The molecule has 0 aromatic carbocycles. The molecule has 0 atom stereocenters. The highest BCUT2D eigenvalue weighted by atomic mass is 35.5. The highest BCUT2D eigenvalue weighted by Gasteiger charge is 2.17. The van der Waals surface area contributed by atoms with Gasteiger partial charge in [0, 0.05) is 12.7 Å². The minimum absolute atomic E-state index is 0.573. The first-order valence-electron chi connectivity index (χ1n) is 4.80. The monoisotopic (exact) mass is 230 g/mol. The van der Waals surface area contributed by atoms with Crippen molar-refractivity contribution in [2.24, 2.45) is 5.92 Å². The topological polar surface area (TPSA) is 24.9 Å². The summed E-state index contributed by atoms with van der Waals surface area (Å²) in [4.78, 5) is 4.13. The smallest absolute Gasteiger partial charge is 0.144 e. The lowest BCUT2D eigenvalue weighted by molar-refractivity contribution is 0.333. The van der Waals surface area contributed by atoms with Crippen molar-refractivity contribution in [2.45, 2.75) is 19.3 Å². The van der Waals surface area contributed by atoms with E-state index in [0.29, 0.717) is 10.0 Å². The second-order valence-corrected chi connectivity index (χ2v) is 4.51. The molecule has 0 bridgehead atoms. The summed E-state index contributed by atoms with van der Waals surface area (Å²) in [6, 6.07) is 1.71. The molecule has 76 valence electrons. The van der Waals surface area contributed by atoms with Crippen molar-refractivity contribution in [1.29, 1.82) is 0 Å². The number of hydrogen-bond acceptors (Lipinski definition) is 2. The Kier molecular flexibility index (Phi) is 3.14. The van der Waals surface area contributed by atoms with Crippen LogP contribution in [-0.4, -0.2) is 11.5 Å². The summed E-state index contributed by atoms with van der Waals surface area (Å²) in [7, 11) is 0. The molecule has 0 spiro atoms. The molecule has 0 radical (unpaired) electrons. The van der Waals surface area contributed by atoms with Crippen molar-refractivity contribution in [2.75, 3.05) is 11.9 Å². The molecule has 1 saturated carbocycles. The van der Waals surface area contributed by atoms with Crippen molar-refractivity contribution < 1.29 is 0 Å². The highest BCUT2D eigenvalue weighted by Crippen LogP contribution is 2.28. The van der Waals surface area contributed by atoms with Crippen molar-refractivity contribution in [1.82, 2.24) is 4.98 Å². The molecule has 1 aliphatic rings. The summed E-state index contributed by atoms with van der Waals surface area (Å²) in [5.74, 6) is 1.53. The average Bonchev–Trinajstić information content (AvgIpc) is 2.05. The second-order valence-electron chi connectivity index (χ2n) is 3.66. The molecule has 1 heterocycles. The van der Waals surface area contributed by atoms with Crippen LogP contribution in [0.15, 0.2) is 12.3 Å². The molecular formula is C10H12Cl2N2. The summed E-state index contributed by atoms with van der Waals surface area (Å²) in [6.45, 7) is 0.967. The lowest BCUT2D eigenvalue weighted by atomic mass is 9.85. The Labute approximate surface area is 93.6 Å². The third-order valence-corrected chi connectivity index (χ3v) is 3.09. The summed E-state index contributed by atoms with van der Waals surface area (Å²) >= 11 is 11.7. The van der Waals surface area contributed by atoms with E-state index in [9.17, 15) is 0 Å². The van der Waals surface area contributed by atoms with Gasteiger partial charge in [0.2, 0.25) is 0 Å². The van der Waals surface area contributed by atoms with E-state index in [2.05, 4.69) is 10.3 Å². The number of nitrogens with one attached hydrogen (secondary N) is 1. The largest absolute Gasteiger partial charge is 0.369 e. The average molecular weight is 231 g/mol. The molecular weight excluding hydrogens is 219 g/mol. The minimum atomic E-state index is 0.573. The SMILES string of the molecule is Clc1cnc(NCC2CCC2)c(Cl)c1. The third kappa shape index (κ3) is 2.31. The molecule has 1 aliphatic carbocycles. The van der Waals surface area contributed by atoms with E-state index in [4.69, 9.17) is 23.2 Å². The molecule has 1 N–H and O–H groups in total. The van der Waals surface area contributed by atoms with E-state index >= 15 is 0 Å². The molecule has 1 fully saturated rings. The van der Waals surface area contributed by atoms with Crippen LogP contribution in [0, 0.1) is 5.92 Å². The molecule has 2 nitrogen and oxygen atoms in total. The Morgan fingerprint density at radius 1 is 1.43 bits per heavy atom. The number of anilines is 1. The number of rotatable bonds is 3. The highest BCUT2D eigenvalue weighted by molar-refractivity contribution is 6.35. The molecule has 4 heteroatoms. The zero-order valence-electron chi connectivity index (χ0n) is 7.76. The van der Waals surface area contributed by atoms with Gasteiger partial charge in [-0.15, -0.1) is 0 Å². The molecule has 1 aromatic heterocycles. The fraction of sp³-hybridized carbons (Fsp3) is 0.500. The standard InChI is InChI=1S/C10H12Cl2N2/c11-8-4-9(12)10(14-6-8)13-5-7-2-1-3-7/h4,6-7H,1-3,5H2,(H,13,14). The first kappa shape index (κ1) is 10.1. The molecule has 0 aliphatic heterocycles. The van der Waals surface area contributed by atoms with Crippen LogP contribution < -0.4 is 5.32 Å². The summed E-state index contributed by atoms with van der Waals surface area (Å²) < 4.78 is 0. The number of hydrogen-bond donors (Lipinski definition) is 1. The van der Waals surface area contributed by atoms with Gasteiger partial charge in [-0.1, -0.05) is 29.6 Å². The van der Waals surface area contributed by atoms with Crippen LogP contribution in [0.1, 0.15) is 19.3 Å². The lowest BCUT2D eigenvalue weighted by Gasteiger charge is -2.25. The van der Waals surface area contributed by atoms with Gasteiger partial charge in [-0.3, -0.25) is 0 Å². The van der Waals surface area contributed by atoms with E-state index in [1.807, 2.05) is 0 Å². The fourth-order valence-electron chi connectivity index (χ4n) is 1.48. The van der Waals surface area contributed by atoms with Crippen LogP contribution in [0.5, 0.6) is 0 Å². The quantitative estimate of drug-likeness (QED) is 0.859. The summed E-state index contributed by atoms with van der Waals surface area (Å²) in [6.07, 6.45) is 5.60. The Balaban J connectivity index is 1.94. The van der Waals surface area contributed by atoms with Gasteiger partial charge in [0.05, 0.1) is 10.0 Å². The molecule has 1 aromatic rings. The van der Waals surface area contributed by atoms with Crippen LogP contribution >= 0.6 is 23.2 Å². The van der Waals surface area contributed by atoms with E-state index in [1.54, 1.807) is 12.3 Å². The summed E-state index contributed by atoms with van der Waals surface area (Å²) in [5, 5.41) is 4.41. The van der Waals surface area contributed by atoms with Gasteiger partial charge in [-0.25, -0.2) is 4.98 Å². The number of nitrogens with zero attached hydrogens (tertiary/aromatic N) is 1. The Bertz CT molecular complexity index is 324. The second kappa shape index (κ2) is 4.37. The van der Waals surface area contributed by atoms with Gasteiger partial charge in [0.25, 0.3) is 0 Å². The molecule has 14 heavy (non-hydrogen) atoms. The van der Waals surface area contributed by atoms with Gasteiger partial charge >= 0.3 is 0 Å². The zero-order chi connectivity index (χ0) is 9.97. The molecule has 0 amide bonds. The first-order chi connectivity index (χ1) is 6.75.